The Hall–Kier alpha value is -2.86. The van der Waals surface area contributed by atoms with Crippen molar-refractivity contribution in [1.29, 1.82) is 0 Å². The van der Waals surface area contributed by atoms with Crippen molar-refractivity contribution in [1.82, 2.24) is 24.8 Å². The third-order valence-corrected chi connectivity index (χ3v) is 5.42. The number of aromatic nitrogens is 4. The number of hydrogen-bond donors (Lipinski definition) is 1. The molecule has 0 saturated carbocycles. The Morgan fingerprint density at radius 3 is 2.57 bits per heavy atom. The fourth-order valence-electron chi connectivity index (χ4n) is 3.74. The van der Waals surface area contributed by atoms with Gasteiger partial charge in [0.2, 0.25) is 5.95 Å². The van der Waals surface area contributed by atoms with Crippen LogP contribution in [-0.4, -0.2) is 51.0 Å². The lowest BCUT2D eigenvalue weighted by Gasteiger charge is -2.19. The van der Waals surface area contributed by atoms with E-state index in [1.54, 1.807) is 12.4 Å². The van der Waals surface area contributed by atoms with Crippen LogP contribution >= 0.6 is 0 Å². The van der Waals surface area contributed by atoms with Crippen molar-refractivity contribution in [2.45, 2.75) is 32.2 Å². The molecule has 28 heavy (non-hydrogen) atoms. The average molecular weight is 374 g/mol. The summed E-state index contributed by atoms with van der Waals surface area (Å²) in [5.74, 6) is 0.664. The monoisotopic (exact) mass is 374 g/mol. The van der Waals surface area contributed by atoms with Crippen LogP contribution in [0.25, 0.3) is 22.4 Å². The van der Waals surface area contributed by atoms with Gasteiger partial charge in [0.1, 0.15) is 6.33 Å². The minimum Gasteiger partial charge on any atom is -0.354 e. The molecule has 1 aromatic carbocycles. The molecule has 0 radical (unpaired) electrons. The first kappa shape index (κ1) is 18.5. The van der Waals surface area contributed by atoms with Crippen molar-refractivity contribution >= 4 is 5.95 Å². The van der Waals surface area contributed by atoms with E-state index in [9.17, 15) is 0 Å². The Bertz CT molecular complexity index is 910. The van der Waals surface area contributed by atoms with Gasteiger partial charge in [0.05, 0.1) is 5.69 Å². The van der Waals surface area contributed by atoms with E-state index in [0.717, 1.165) is 35.3 Å². The van der Waals surface area contributed by atoms with Gasteiger partial charge in [-0.15, -0.1) is 0 Å². The third kappa shape index (κ3) is 4.17. The summed E-state index contributed by atoms with van der Waals surface area (Å²) in [6, 6.07) is 9.06. The molecule has 3 heterocycles. The number of benzene rings is 1. The second-order valence-electron chi connectivity index (χ2n) is 7.44. The largest absolute Gasteiger partial charge is 0.354 e. The van der Waals surface area contributed by atoms with E-state index in [2.05, 4.69) is 63.4 Å². The van der Waals surface area contributed by atoms with Gasteiger partial charge < -0.3 is 10.2 Å². The number of nitrogens with one attached hydrogen (secondary N) is 1. The molecule has 0 aliphatic carbocycles. The Labute approximate surface area is 166 Å². The van der Waals surface area contributed by atoms with Crippen LogP contribution in [0.5, 0.6) is 0 Å². The molecule has 0 spiro atoms. The van der Waals surface area contributed by atoms with Crippen molar-refractivity contribution < 1.29 is 0 Å². The van der Waals surface area contributed by atoms with Gasteiger partial charge in [-0.2, -0.15) is 0 Å². The fraction of sp³-hybridized carbons (Fsp3) is 0.364. The molecule has 1 N–H and O–H groups in total. The molecule has 144 valence electrons. The standard InChI is InChI=1S/C22H26N6/c1-16-5-7-17(8-6-16)21-20(18-12-23-15-24-13-18)14-26-22(27-21)25-10-9-19-4-3-11-28(19)2/h5-8,12-15,19H,3-4,9-11H2,1-2H3,(H,25,26,27). The van der Waals surface area contributed by atoms with Gasteiger partial charge in [0, 0.05) is 47.9 Å². The molecule has 1 unspecified atom stereocenters. The van der Waals surface area contributed by atoms with Crippen molar-refractivity contribution in [3.63, 3.8) is 0 Å². The Morgan fingerprint density at radius 1 is 1.07 bits per heavy atom. The highest BCUT2D eigenvalue weighted by atomic mass is 15.2. The SMILES string of the molecule is Cc1ccc(-c2nc(NCCC3CCCN3C)ncc2-c2cncnc2)cc1. The number of aryl methyl sites for hydroxylation is 1. The van der Waals surface area contributed by atoms with E-state index in [4.69, 9.17) is 4.98 Å². The highest BCUT2D eigenvalue weighted by Crippen LogP contribution is 2.30. The molecule has 3 aromatic rings. The van der Waals surface area contributed by atoms with E-state index >= 15 is 0 Å². The molecule has 1 aliphatic rings. The lowest BCUT2D eigenvalue weighted by atomic mass is 10.0. The molecule has 1 aliphatic heterocycles. The van der Waals surface area contributed by atoms with Gasteiger partial charge in [0.25, 0.3) is 0 Å². The second kappa shape index (κ2) is 8.44. The van der Waals surface area contributed by atoms with Crippen molar-refractivity contribution in [3.05, 3.63) is 54.7 Å². The maximum absolute atomic E-state index is 4.84. The van der Waals surface area contributed by atoms with E-state index in [1.807, 2.05) is 6.20 Å². The van der Waals surface area contributed by atoms with Crippen molar-refractivity contribution in [2.75, 3.05) is 25.5 Å². The number of rotatable bonds is 6. The molecule has 0 bridgehead atoms. The van der Waals surface area contributed by atoms with Gasteiger partial charge in [-0.05, 0) is 39.8 Å². The zero-order valence-corrected chi connectivity index (χ0v) is 16.5. The van der Waals surface area contributed by atoms with Crippen LogP contribution in [0.2, 0.25) is 0 Å². The molecule has 4 rings (SSSR count). The zero-order chi connectivity index (χ0) is 19.3. The molecule has 1 saturated heterocycles. The first-order valence-electron chi connectivity index (χ1n) is 9.84. The fourth-order valence-corrected chi connectivity index (χ4v) is 3.74. The van der Waals surface area contributed by atoms with Crippen LogP contribution in [0.1, 0.15) is 24.8 Å². The van der Waals surface area contributed by atoms with Crippen LogP contribution in [0.15, 0.2) is 49.2 Å². The Balaban J connectivity index is 1.59. The summed E-state index contributed by atoms with van der Waals surface area (Å²) in [7, 11) is 2.21. The number of nitrogens with zero attached hydrogens (tertiary/aromatic N) is 5. The molecular weight excluding hydrogens is 348 g/mol. The summed E-state index contributed by atoms with van der Waals surface area (Å²) in [6.45, 7) is 4.16. The van der Waals surface area contributed by atoms with Gasteiger partial charge >= 0.3 is 0 Å². The van der Waals surface area contributed by atoms with E-state index < -0.39 is 0 Å². The summed E-state index contributed by atoms with van der Waals surface area (Å²) in [4.78, 5) is 20.1. The lowest BCUT2D eigenvalue weighted by Crippen LogP contribution is -2.27. The summed E-state index contributed by atoms with van der Waals surface area (Å²) < 4.78 is 0. The van der Waals surface area contributed by atoms with E-state index in [-0.39, 0.29) is 0 Å². The maximum atomic E-state index is 4.84. The quantitative estimate of drug-likeness (QED) is 0.708. The minimum atomic E-state index is 0.657. The van der Waals surface area contributed by atoms with Crippen LogP contribution in [0.4, 0.5) is 5.95 Å². The molecule has 1 fully saturated rings. The number of likely N-dealkylation sites (tertiary alicyclic amines) is 1. The number of anilines is 1. The molecular formula is C22H26N6. The topological polar surface area (TPSA) is 66.8 Å². The Morgan fingerprint density at radius 2 is 1.86 bits per heavy atom. The lowest BCUT2D eigenvalue weighted by molar-refractivity contribution is 0.301. The van der Waals surface area contributed by atoms with Crippen molar-refractivity contribution in [2.24, 2.45) is 0 Å². The molecule has 0 amide bonds. The highest BCUT2D eigenvalue weighted by Gasteiger charge is 2.20. The van der Waals surface area contributed by atoms with E-state index in [0.29, 0.717) is 12.0 Å². The second-order valence-corrected chi connectivity index (χ2v) is 7.44. The smallest absolute Gasteiger partial charge is 0.223 e. The first-order chi connectivity index (χ1) is 13.7. The first-order valence-corrected chi connectivity index (χ1v) is 9.84. The van der Waals surface area contributed by atoms with Gasteiger partial charge in [-0.1, -0.05) is 29.8 Å². The van der Waals surface area contributed by atoms with Crippen LogP contribution < -0.4 is 5.32 Å². The van der Waals surface area contributed by atoms with Gasteiger partial charge in [0.15, 0.2) is 0 Å². The molecule has 6 nitrogen and oxygen atoms in total. The van der Waals surface area contributed by atoms with Crippen LogP contribution in [0.3, 0.4) is 0 Å². The van der Waals surface area contributed by atoms with Crippen LogP contribution in [0, 0.1) is 6.92 Å². The van der Waals surface area contributed by atoms with Gasteiger partial charge in [-0.3, -0.25) is 0 Å². The zero-order valence-electron chi connectivity index (χ0n) is 16.5. The van der Waals surface area contributed by atoms with Crippen molar-refractivity contribution in [3.8, 4) is 22.4 Å². The predicted octanol–water partition coefficient (Wildman–Crippen LogP) is 3.81. The predicted molar refractivity (Wildman–Crippen MR) is 112 cm³/mol. The third-order valence-electron chi connectivity index (χ3n) is 5.42. The minimum absolute atomic E-state index is 0.657. The Kier molecular flexibility index (Phi) is 5.58. The summed E-state index contributed by atoms with van der Waals surface area (Å²) in [5.41, 5.74) is 5.03. The molecule has 1 atom stereocenters. The molecule has 2 aromatic heterocycles. The summed E-state index contributed by atoms with van der Waals surface area (Å²) in [5, 5.41) is 3.41. The van der Waals surface area contributed by atoms with Gasteiger partial charge in [-0.25, -0.2) is 19.9 Å². The van der Waals surface area contributed by atoms with E-state index in [1.165, 1.54) is 31.3 Å². The average Bonchev–Trinajstić information content (AvgIpc) is 3.14. The molecule has 6 heteroatoms. The highest BCUT2D eigenvalue weighted by molar-refractivity contribution is 5.80. The van der Waals surface area contributed by atoms with Crippen LogP contribution in [-0.2, 0) is 0 Å². The normalized spacial score (nSPS) is 17.0. The maximum Gasteiger partial charge on any atom is 0.223 e. The number of hydrogen-bond acceptors (Lipinski definition) is 6. The summed E-state index contributed by atoms with van der Waals surface area (Å²) in [6.07, 6.45) is 10.7. The summed E-state index contributed by atoms with van der Waals surface area (Å²) >= 11 is 0.